The molecule has 0 aliphatic heterocycles. The maximum absolute atomic E-state index is 12.5. The fourth-order valence-electron chi connectivity index (χ4n) is 3.10. The molecule has 1 aliphatic rings. The van der Waals surface area contributed by atoms with Crippen molar-refractivity contribution in [2.75, 3.05) is 18.9 Å². The first kappa shape index (κ1) is 16.7. The Morgan fingerprint density at radius 3 is 2.58 bits per heavy atom. The van der Waals surface area contributed by atoms with E-state index < -0.39 is 0 Å². The molecule has 24 heavy (non-hydrogen) atoms. The van der Waals surface area contributed by atoms with Crippen LogP contribution in [0.4, 0.5) is 5.69 Å². The summed E-state index contributed by atoms with van der Waals surface area (Å²) in [6, 6.07) is 7.89. The van der Waals surface area contributed by atoms with E-state index in [2.05, 4.69) is 5.32 Å². The second-order valence-electron chi connectivity index (χ2n) is 6.39. The number of amides is 2. The minimum absolute atomic E-state index is 0.0508. The van der Waals surface area contributed by atoms with Crippen LogP contribution < -0.4 is 5.32 Å². The number of para-hydroxylation sites is 1. The van der Waals surface area contributed by atoms with Crippen LogP contribution in [-0.2, 0) is 17.6 Å². The maximum Gasteiger partial charge on any atom is 0.264 e. The number of anilines is 1. The Labute approximate surface area is 146 Å². The Morgan fingerprint density at radius 1 is 1.21 bits per heavy atom. The molecule has 2 amide bonds. The van der Waals surface area contributed by atoms with Crippen LogP contribution in [0.5, 0.6) is 0 Å². The van der Waals surface area contributed by atoms with Crippen molar-refractivity contribution in [1.29, 1.82) is 0 Å². The number of rotatable bonds is 4. The van der Waals surface area contributed by atoms with E-state index in [1.165, 1.54) is 21.8 Å². The van der Waals surface area contributed by atoms with Crippen molar-refractivity contribution in [3.8, 4) is 0 Å². The van der Waals surface area contributed by atoms with Gasteiger partial charge in [-0.15, -0.1) is 11.3 Å². The molecule has 1 aromatic heterocycles. The summed E-state index contributed by atoms with van der Waals surface area (Å²) in [7, 11) is 1.68. The number of likely N-dealkylation sites (N-methyl/N-ethyl adjacent to an activating group) is 1. The number of aryl methyl sites for hydroxylation is 4. The Bertz CT molecular complexity index is 753. The van der Waals surface area contributed by atoms with Crippen LogP contribution in [0.2, 0.25) is 0 Å². The van der Waals surface area contributed by atoms with Gasteiger partial charge in [0.25, 0.3) is 5.91 Å². The number of carbonyl (C=O) groups is 2. The predicted molar refractivity (Wildman–Crippen MR) is 97.9 cm³/mol. The maximum atomic E-state index is 12.5. The van der Waals surface area contributed by atoms with Gasteiger partial charge >= 0.3 is 0 Å². The average Bonchev–Trinajstić information content (AvgIpc) is 3.11. The molecule has 1 heterocycles. The summed E-state index contributed by atoms with van der Waals surface area (Å²) in [5.74, 6) is -0.251. The lowest BCUT2D eigenvalue weighted by molar-refractivity contribution is -0.116. The summed E-state index contributed by atoms with van der Waals surface area (Å²) in [6.07, 6.45) is 3.32. The van der Waals surface area contributed by atoms with Gasteiger partial charge in [0.05, 0.1) is 11.4 Å². The fourth-order valence-corrected chi connectivity index (χ4v) is 4.35. The smallest absolute Gasteiger partial charge is 0.264 e. The number of thiophene rings is 1. The Hall–Kier alpha value is -2.14. The number of hydrogen-bond acceptors (Lipinski definition) is 3. The van der Waals surface area contributed by atoms with Crippen molar-refractivity contribution in [2.24, 2.45) is 0 Å². The molecule has 5 heteroatoms. The van der Waals surface area contributed by atoms with E-state index in [4.69, 9.17) is 0 Å². The minimum Gasteiger partial charge on any atom is -0.332 e. The first-order valence-corrected chi connectivity index (χ1v) is 9.00. The third-order valence-electron chi connectivity index (χ3n) is 4.43. The van der Waals surface area contributed by atoms with Crippen LogP contribution in [0, 0.1) is 13.8 Å². The highest BCUT2D eigenvalue weighted by Gasteiger charge is 2.22. The fraction of sp³-hybridized carbons (Fsp3) is 0.368. The van der Waals surface area contributed by atoms with Gasteiger partial charge in [0, 0.05) is 17.6 Å². The van der Waals surface area contributed by atoms with Crippen molar-refractivity contribution in [1.82, 2.24) is 4.90 Å². The summed E-state index contributed by atoms with van der Waals surface area (Å²) in [6.45, 7) is 3.98. The van der Waals surface area contributed by atoms with Gasteiger partial charge in [-0.05, 0) is 55.9 Å². The molecule has 1 N–H and O–H groups in total. The lowest BCUT2D eigenvalue weighted by Gasteiger charge is -2.17. The van der Waals surface area contributed by atoms with E-state index in [1.54, 1.807) is 18.4 Å². The quantitative estimate of drug-likeness (QED) is 0.923. The number of fused-ring (bicyclic) bond motifs is 1. The number of benzene rings is 1. The molecule has 0 unspecified atom stereocenters. The van der Waals surface area contributed by atoms with Gasteiger partial charge in [0.15, 0.2) is 0 Å². The first-order chi connectivity index (χ1) is 11.5. The number of nitrogens with zero attached hydrogens (tertiary/aromatic N) is 1. The molecule has 126 valence electrons. The zero-order valence-electron chi connectivity index (χ0n) is 14.3. The lowest BCUT2D eigenvalue weighted by Crippen LogP contribution is -2.34. The lowest BCUT2D eigenvalue weighted by atomic mass is 10.1. The highest BCUT2D eigenvalue weighted by atomic mass is 32.1. The van der Waals surface area contributed by atoms with Gasteiger partial charge < -0.3 is 10.2 Å². The molecule has 4 nitrogen and oxygen atoms in total. The van der Waals surface area contributed by atoms with E-state index >= 15 is 0 Å². The Morgan fingerprint density at radius 2 is 1.92 bits per heavy atom. The third kappa shape index (κ3) is 3.36. The van der Waals surface area contributed by atoms with Gasteiger partial charge in [-0.25, -0.2) is 0 Å². The topological polar surface area (TPSA) is 49.4 Å². The van der Waals surface area contributed by atoms with Crippen LogP contribution in [0.1, 0.15) is 37.7 Å². The molecule has 0 saturated heterocycles. The van der Waals surface area contributed by atoms with Gasteiger partial charge in [-0.1, -0.05) is 18.2 Å². The molecule has 0 atom stereocenters. The highest BCUT2D eigenvalue weighted by Crippen LogP contribution is 2.31. The van der Waals surface area contributed by atoms with Crippen molar-refractivity contribution < 1.29 is 9.59 Å². The molecule has 2 aromatic rings. The standard InChI is InChI=1S/C19H22N2O2S/c1-12-6-4-7-13(2)18(12)20-17(22)11-21(3)19(23)16-10-14-8-5-9-15(14)24-16/h4,6-7,10H,5,8-9,11H2,1-3H3,(H,20,22). The molecule has 3 rings (SSSR count). The largest absolute Gasteiger partial charge is 0.332 e. The van der Waals surface area contributed by atoms with Gasteiger partial charge in [-0.2, -0.15) is 0 Å². The number of carbonyl (C=O) groups excluding carboxylic acids is 2. The first-order valence-electron chi connectivity index (χ1n) is 8.19. The van der Waals surface area contributed by atoms with Crippen molar-refractivity contribution >= 4 is 28.8 Å². The van der Waals surface area contributed by atoms with Gasteiger partial charge in [-0.3, -0.25) is 9.59 Å². The molecule has 1 aliphatic carbocycles. The minimum atomic E-state index is -0.174. The summed E-state index contributed by atoms with van der Waals surface area (Å²) >= 11 is 1.57. The number of nitrogens with one attached hydrogen (secondary N) is 1. The molecule has 0 bridgehead atoms. The van der Waals surface area contributed by atoms with Crippen LogP contribution in [0.25, 0.3) is 0 Å². The summed E-state index contributed by atoms with van der Waals surface area (Å²) in [4.78, 5) is 28.4. The van der Waals surface area contributed by atoms with E-state index in [1.807, 2.05) is 38.1 Å². The van der Waals surface area contributed by atoms with Crippen LogP contribution in [0.15, 0.2) is 24.3 Å². The molecule has 0 saturated carbocycles. The molecule has 0 fully saturated rings. The van der Waals surface area contributed by atoms with Crippen molar-refractivity contribution in [2.45, 2.75) is 33.1 Å². The normalized spacial score (nSPS) is 12.8. The van der Waals surface area contributed by atoms with E-state index in [9.17, 15) is 9.59 Å². The van der Waals surface area contributed by atoms with Gasteiger partial charge in [0.1, 0.15) is 0 Å². The molecular formula is C19H22N2O2S. The van der Waals surface area contributed by atoms with Crippen LogP contribution in [0.3, 0.4) is 0 Å². The highest BCUT2D eigenvalue weighted by molar-refractivity contribution is 7.14. The second-order valence-corrected chi connectivity index (χ2v) is 7.53. The second kappa shape index (κ2) is 6.77. The zero-order valence-corrected chi connectivity index (χ0v) is 15.1. The molecule has 0 radical (unpaired) electrons. The SMILES string of the molecule is Cc1cccc(C)c1NC(=O)CN(C)C(=O)c1cc2c(s1)CCC2. The van der Waals surface area contributed by atoms with Crippen LogP contribution in [-0.4, -0.2) is 30.3 Å². The van der Waals surface area contributed by atoms with E-state index in [0.717, 1.165) is 34.5 Å². The van der Waals surface area contributed by atoms with E-state index in [0.29, 0.717) is 0 Å². The summed E-state index contributed by atoms with van der Waals surface area (Å²) in [5.41, 5.74) is 4.18. The van der Waals surface area contributed by atoms with Crippen molar-refractivity contribution in [3.63, 3.8) is 0 Å². The molecule has 1 aromatic carbocycles. The Kier molecular flexibility index (Phi) is 4.71. The van der Waals surface area contributed by atoms with Crippen LogP contribution >= 0.6 is 11.3 Å². The van der Waals surface area contributed by atoms with E-state index in [-0.39, 0.29) is 18.4 Å². The summed E-state index contributed by atoms with van der Waals surface area (Å²) < 4.78 is 0. The number of hydrogen-bond donors (Lipinski definition) is 1. The van der Waals surface area contributed by atoms with Gasteiger partial charge in [0.2, 0.25) is 5.91 Å². The predicted octanol–water partition coefficient (Wildman–Crippen LogP) is 3.56. The zero-order chi connectivity index (χ0) is 17.3. The third-order valence-corrected chi connectivity index (χ3v) is 5.66. The summed E-state index contributed by atoms with van der Waals surface area (Å²) in [5, 5.41) is 2.93. The molecular weight excluding hydrogens is 320 g/mol. The molecule has 0 spiro atoms. The van der Waals surface area contributed by atoms with Crippen molar-refractivity contribution in [3.05, 3.63) is 50.7 Å². The monoisotopic (exact) mass is 342 g/mol. The Balaban J connectivity index is 1.64. The average molecular weight is 342 g/mol.